The number of hydrogen-bond acceptors (Lipinski definition) is 3. The average molecular weight is 372 g/mol. The number of carbonyl (C=O) groups excluding carboxylic acids is 1. The SMILES string of the molecule is CN(Cc1ccccc1CNC(=O)c1ccc(Cl)nc1)C1CCCCC1. The molecular weight excluding hydrogens is 346 g/mol. The lowest BCUT2D eigenvalue weighted by atomic mass is 9.94. The van der Waals surface area contributed by atoms with Crippen molar-refractivity contribution in [3.8, 4) is 0 Å². The Morgan fingerprint density at radius 1 is 1.15 bits per heavy atom. The topological polar surface area (TPSA) is 45.2 Å². The van der Waals surface area contributed by atoms with Crippen molar-refractivity contribution in [3.63, 3.8) is 0 Å². The van der Waals surface area contributed by atoms with E-state index in [1.54, 1.807) is 12.1 Å². The first-order chi connectivity index (χ1) is 12.6. The van der Waals surface area contributed by atoms with Crippen LogP contribution in [-0.4, -0.2) is 28.9 Å². The van der Waals surface area contributed by atoms with Crippen LogP contribution in [0.5, 0.6) is 0 Å². The van der Waals surface area contributed by atoms with Crippen LogP contribution in [0, 0.1) is 0 Å². The van der Waals surface area contributed by atoms with Gasteiger partial charge in [-0.3, -0.25) is 9.69 Å². The van der Waals surface area contributed by atoms with E-state index in [2.05, 4.69) is 40.4 Å². The Labute approximate surface area is 160 Å². The van der Waals surface area contributed by atoms with Crippen LogP contribution in [0.2, 0.25) is 5.15 Å². The molecule has 1 amide bonds. The van der Waals surface area contributed by atoms with Crippen molar-refractivity contribution in [3.05, 3.63) is 64.4 Å². The van der Waals surface area contributed by atoms with Crippen molar-refractivity contribution in [2.75, 3.05) is 7.05 Å². The molecule has 0 atom stereocenters. The maximum atomic E-state index is 12.3. The third kappa shape index (κ3) is 5.05. The number of halogens is 1. The van der Waals surface area contributed by atoms with E-state index < -0.39 is 0 Å². The van der Waals surface area contributed by atoms with Crippen LogP contribution in [0.4, 0.5) is 0 Å². The number of amides is 1. The molecule has 0 spiro atoms. The highest BCUT2D eigenvalue weighted by Crippen LogP contribution is 2.23. The Morgan fingerprint density at radius 2 is 1.88 bits per heavy atom. The second-order valence-corrected chi connectivity index (χ2v) is 7.42. The zero-order chi connectivity index (χ0) is 18.4. The standard InChI is InChI=1S/C21H26ClN3O/c1-25(19-9-3-2-4-10-19)15-18-8-6-5-7-16(18)13-24-21(26)17-11-12-20(22)23-14-17/h5-8,11-12,14,19H,2-4,9-10,13,15H2,1H3,(H,24,26). The Kier molecular flexibility index (Phi) is 6.64. The summed E-state index contributed by atoms with van der Waals surface area (Å²) in [5.41, 5.74) is 2.95. The molecule has 0 bridgehead atoms. The van der Waals surface area contributed by atoms with Gasteiger partial charge in [0.1, 0.15) is 5.15 Å². The number of carbonyl (C=O) groups is 1. The lowest BCUT2D eigenvalue weighted by Gasteiger charge is -2.31. The smallest absolute Gasteiger partial charge is 0.253 e. The molecule has 5 heteroatoms. The predicted octanol–water partition coefficient (Wildman–Crippen LogP) is 4.43. The summed E-state index contributed by atoms with van der Waals surface area (Å²) in [6, 6.07) is 12.3. The number of pyridine rings is 1. The van der Waals surface area contributed by atoms with Crippen LogP contribution in [0.25, 0.3) is 0 Å². The normalized spacial score (nSPS) is 15.2. The lowest BCUT2D eigenvalue weighted by Crippen LogP contribution is -2.33. The summed E-state index contributed by atoms with van der Waals surface area (Å²) in [4.78, 5) is 18.7. The minimum absolute atomic E-state index is 0.135. The maximum Gasteiger partial charge on any atom is 0.253 e. The molecule has 1 saturated carbocycles. The van der Waals surface area contributed by atoms with Crippen molar-refractivity contribution in [1.82, 2.24) is 15.2 Å². The Morgan fingerprint density at radius 3 is 2.58 bits per heavy atom. The summed E-state index contributed by atoms with van der Waals surface area (Å²) >= 11 is 5.78. The third-order valence-corrected chi connectivity index (χ3v) is 5.39. The van der Waals surface area contributed by atoms with Gasteiger partial charge in [0.15, 0.2) is 0 Å². The van der Waals surface area contributed by atoms with E-state index in [4.69, 9.17) is 11.6 Å². The number of nitrogens with one attached hydrogen (secondary N) is 1. The van der Waals surface area contributed by atoms with Crippen LogP contribution in [0.15, 0.2) is 42.6 Å². The molecule has 1 N–H and O–H groups in total. The Hall–Kier alpha value is -1.91. The third-order valence-electron chi connectivity index (χ3n) is 5.17. The molecular formula is C21H26ClN3O. The van der Waals surface area contributed by atoms with Gasteiger partial charge in [-0.2, -0.15) is 0 Å². The molecule has 1 aromatic heterocycles. The molecule has 26 heavy (non-hydrogen) atoms. The number of benzene rings is 1. The monoisotopic (exact) mass is 371 g/mol. The van der Waals surface area contributed by atoms with Crippen LogP contribution in [-0.2, 0) is 13.1 Å². The largest absolute Gasteiger partial charge is 0.348 e. The summed E-state index contributed by atoms with van der Waals surface area (Å²) in [7, 11) is 2.21. The highest BCUT2D eigenvalue weighted by molar-refractivity contribution is 6.29. The number of nitrogens with zero attached hydrogens (tertiary/aromatic N) is 2. The van der Waals surface area contributed by atoms with Gasteiger partial charge in [0.05, 0.1) is 5.56 Å². The van der Waals surface area contributed by atoms with Gasteiger partial charge in [0, 0.05) is 25.3 Å². The minimum atomic E-state index is -0.135. The zero-order valence-electron chi connectivity index (χ0n) is 15.2. The van der Waals surface area contributed by atoms with Crippen LogP contribution >= 0.6 is 11.6 Å². The fourth-order valence-corrected chi connectivity index (χ4v) is 3.70. The highest BCUT2D eigenvalue weighted by Gasteiger charge is 2.18. The second kappa shape index (κ2) is 9.15. The Balaban J connectivity index is 1.61. The number of hydrogen-bond donors (Lipinski definition) is 1. The van der Waals surface area contributed by atoms with Crippen molar-refractivity contribution in [1.29, 1.82) is 0 Å². The first-order valence-corrected chi connectivity index (χ1v) is 9.68. The average Bonchev–Trinajstić information content (AvgIpc) is 2.68. The van der Waals surface area contributed by atoms with Gasteiger partial charge in [-0.1, -0.05) is 55.1 Å². The molecule has 138 valence electrons. The molecule has 1 aromatic carbocycles. The van der Waals surface area contributed by atoms with Crippen LogP contribution in [0.3, 0.4) is 0 Å². The molecule has 0 saturated heterocycles. The van der Waals surface area contributed by atoms with Crippen molar-refractivity contribution in [2.45, 2.75) is 51.2 Å². The highest BCUT2D eigenvalue weighted by atomic mass is 35.5. The van der Waals surface area contributed by atoms with Gasteiger partial charge >= 0.3 is 0 Å². The molecule has 1 heterocycles. The molecule has 4 nitrogen and oxygen atoms in total. The lowest BCUT2D eigenvalue weighted by molar-refractivity contribution is 0.0950. The summed E-state index contributed by atoms with van der Waals surface area (Å²) < 4.78 is 0. The van der Waals surface area contributed by atoms with Gasteiger partial charge in [-0.05, 0) is 43.1 Å². The molecule has 1 fully saturated rings. The van der Waals surface area contributed by atoms with E-state index in [1.807, 2.05) is 6.07 Å². The Bertz CT molecular complexity index is 726. The van der Waals surface area contributed by atoms with Gasteiger partial charge in [-0.15, -0.1) is 0 Å². The molecule has 1 aliphatic carbocycles. The summed E-state index contributed by atoms with van der Waals surface area (Å²) in [5, 5.41) is 3.37. The first kappa shape index (κ1) is 18.9. The van der Waals surface area contributed by atoms with Gasteiger partial charge < -0.3 is 5.32 Å². The second-order valence-electron chi connectivity index (χ2n) is 7.03. The quantitative estimate of drug-likeness (QED) is 0.764. The van der Waals surface area contributed by atoms with Gasteiger partial charge in [0.25, 0.3) is 5.91 Å². The van der Waals surface area contributed by atoms with E-state index >= 15 is 0 Å². The van der Waals surface area contributed by atoms with E-state index in [9.17, 15) is 4.79 Å². The van der Waals surface area contributed by atoms with E-state index in [0.29, 0.717) is 23.3 Å². The van der Waals surface area contributed by atoms with Crippen LogP contribution in [0.1, 0.15) is 53.6 Å². The first-order valence-electron chi connectivity index (χ1n) is 9.30. The molecule has 0 radical (unpaired) electrons. The molecule has 1 aliphatic rings. The molecule has 2 aromatic rings. The maximum absolute atomic E-state index is 12.3. The number of aromatic nitrogens is 1. The van der Waals surface area contributed by atoms with Crippen molar-refractivity contribution in [2.24, 2.45) is 0 Å². The zero-order valence-corrected chi connectivity index (χ0v) is 16.0. The number of rotatable bonds is 6. The van der Waals surface area contributed by atoms with Gasteiger partial charge in [0.2, 0.25) is 0 Å². The van der Waals surface area contributed by atoms with Gasteiger partial charge in [-0.25, -0.2) is 4.98 Å². The molecule has 0 aliphatic heterocycles. The molecule has 0 unspecified atom stereocenters. The van der Waals surface area contributed by atoms with E-state index in [0.717, 1.165) is 12.1 Å². The van der Waals surface area contributed by atoms with Crippen molar-refractivity contribution < 1.29 is 4.79 Å². The van der Waals surface area contributed by atoms with Crippen LogP contribution < -0.4 is 5.32 Å². The minimum Gasteiger partial charge on any atom is -0.348 e. The van der Waals surface area contributed by atoms with E-state index in [-0.39, 0.29) is 5.91 Å². The summed E-state index contributed by atoms with van der Waals surface area (Å²) in [6.07, 6.45) is 8.12. The fourth-order valence-electron chi connectivity index (χ4n) is 3.59. The van der Waals surface area contributed by atoms with Crippen molar-refractivity contribution >= 4 is 17.5 Å². The predicted molar refractivity (Wildman–Crippen MR) is 105 cm³/mol. The molecule has 3 rings (SSSR count). The summed E-state index contributed by atoms with van der Waals surface area (Å²) in [5.74, 6) is -0.135. The fraction of sp³-hybridized carbons (Fsp3) is 0.429. The summed E-state index contributed by atoms with van der Waals surface area (Å²) in [6.45, 7) is 1.43. The van der Waals surface area contributed by atoms with E-state index in [1.165, 1.54) is 43.9 Å².